The molecule has 0 radical (unpaired) electrons. The summed E-state index contributed by atoms with van der Waals surface area (Å²) < 4.78 is 6.18. The van der Waals surface area contributed by atoms with E-state index in [4.69, 9.17) is 15.0 Å². The van der Waals surface area contributed by atoms with Crippen molar-refractivity contribution in [1.82, 2.24) is 19.4 Å². The zero-order chi connectivity index (χ0) is 29.2. The molecule has 0 bridgehead atoms. The molecule has 6 aromatic carbocycles. The molecule has 0 aliphatic heterocycles. The van der Waals surface area contributed by atoms with Gasteiger partial charge in [-0.3, -0.25) is 0 Å². The van der Waals surface area contributed by atoms with Gasteiger partial charge < -0.3 is 4.40 Å². The molecule has 0 fully saturated rings. The second-order valence-corrected chi connectivity index (χ2v) is 13.5. The summed E-state index contributed by atoms with van der Waals surface area (Å²) in [4.78, 5) is 15.2. The standard InChI is InChI=1S/C39H20N4S2/c1-4-13-29-24(9-1)35(42-39(41-29)26-12-7-11-23-22-8-3-6-15-33(22)45-37(23)26)21-16-17-32-27(18-21)28-19-30-38(44-20-40-30)34-25-10-2-5-14-31(25)43(32)36(28)34/h1-20H. The topological polar surface area (TPSA) is 43.1 Å². The van der Waals surface area contributed by atoms with E-state index in [1.54, 1.807) is 11.3 Å². The summed E-state index contributed by atoms with van der Waals surface area (Å²) >= 11 is 3.53. The van der Waals surface area contributed by atoms with Crippen LogP contribution in [0.15, 0.2) is 121 Å². The van der Waals surface area contributed by atoms with Gasteiger partial charge in [0.05, 0.1) is 43.5 Å². The first-order valence-electron chi connectivity index (χ1n) is 14.9. The van der Waals surface area contributed by atoms with Crippen molar-refractivity contribution >= 4 is 102 Å². The van der Waals surface area contributed by atoms with Gasteiger partial charge in [-0.2, -0.15) is 0 Å². The molecule has 0 atom stereocenters. The summed E-state index contributed by atoms with van der Waals surface area (Å²) in [7, 11) is 0. The molecule has 0 saturated carbocycles. The predicted molar refractivity (Wildman–Crippen MR) is 191 cm³/mol. The fraction of sp³-hybridized carbons (Fsp3) is 0. The molecule has 5 aromatic heterocycles. The van der Waals surface area contributed by atoms with Crippen LogP contribution in [-0.2, 0) is 0 Å². The summed E-state index contributed by atoms with van der Waals surface area (Å²) in [6.07, 6.45) is 0. The number of nitrogens with zero attached hydrogens (tertiary/aromatic N) is 4. The van der Waals surface area contributed by atoms with Crippen LogP contribution in [0.1, 0.15) is 0 Å². The van der Waals surface area contributed by atoms with Gasteiger partial charge in [-0.25, -0.2) is 15.0 Å². The highest BCUT2D eigenvalue weighted by atomic mass is 32.1. The summed E-state index contributed by atoms with van der Waals surface area (Å²) in [5.74, 6) is 0.755. The highest BCUT2D eigenvalue weighted by Gasteiger charge is 2.22. The molecule has 0 unspecified atom stereocenters. The predicted octanol–water partition coefficient (Wildman–Crippen LogP) is 11.1. The maximum absolute atomic E-state index is 5.34. The van der Waals surface area contributed by atoms with Gasteiger partial charge in [0.15, 0.2) is 5.82 Å². The van der Waals surface area contributed by atoms with Crippen LogP contribution in [0.3, 0.4) is 0 Å². The van der Waals surface area contributed by atoms with Gasteiger partial charge in [0.25, 0.3) is 0 Å². The van der Waals surface area contributed by atoms with Crippen molar-refractivity contribution in [3.63, 3.8) is 0 Å². The van der Waals surface area contributed by atoms with Gasteiger partial charge in [0.1, 0.15) is 0 Å². The minimum Gasteiger partial charge on any atom is -0.308 e. The molecule has 0 aliphatic carbocycles. The molecule has 11 aromatic rings. The third-order valence-electron chi connectivity index (χ3n) is 9.28. The number of hydrogen-bond donors (Lipinski definition) is 0. The summed E-state index contributed by atoms with van der Waals surface area (Å²) in [6.45, 7) is 0. The minimum atomic E-state index is 0.755. The quantitative estimate of drug-likeness (QED) is 0.196. The molecule has 6 heteroatoms. The Balaban J connectivity index is 1.22. The summed E-state index contributed by atoms with van der Waals surface area (Å²) in [5, 5.41) is 8.59. The Morgan fingerprint density at radius 2 is 1.36 bits per heavy atom. The summed E-state index contributed by atoms with van der Waals surface area (Å²) in [5.41, 5.74) is 10.8. The van der Waals surface area contributed by atoms with Crippen LogP contribution in [0, 0.1) is 0 Å². The Bertz CT molecular complexity index is 3000. The normalized spacial score (nSPS) is 12.4. The number of thiazole rings is 1. The maximum Gasteiger partial charge on any atom is 0.161 e. The van der Waals surface area contributed by atoms with Crippen LogP contribution in [-0.4, -0.2) is 19.4 Å². The SMILES string of the molecule is c1ccc2c(-c3ccc4c(c3)c3cc5ncsc5c5c6ccccc6n4c35)nc(-c3cccc4c3sc3ccccc34)nc2c1. The van der Waals surface area contributed by atoms with E-state index in [1.807, 2.05) is 16.8 Å². The molecular formula is C39H20N4S2. The zero-order valence-electron chi connectivity index (χ0n) is 23.7. The molecule has 45 heavy (non-hydrogen) atoms. The Kier molecular flexibility index (Phi) is 4.58. The van der Waals surface area contributed by atoms with Gasteiger partial charge >= 0.3 is 0 Å². The van der Waals surface area contributed by atoms with Gasteiger partial charge in [-0.15, -0.1) is 22.7 Å². The molecule has 0 N–H and O–H groups in total. The number of hydrogen-bond acceptors (Lipinski definition) is 5. The molecule has 0 amide bonds. The van der Waals surface area contributed by atoms with Crippen molar-refractivity contribution in [2.75, 3.05) is 0 Å². The molecular weight excluding hydrogens is 589 g/mol. The Morgan fingerprint density at radius 1 is 0.556 bits per heavy atom. The first-order valence-corrected chi connectivity index (χ1v) is 16.6. The fourth-order valence-electron chi connectivity index (χ4n) is 7.36. The van der Waals surface area contributed by atoms with Crippen LogP contribution in [0.4, 0.5) is 0 Å². The van der Waals surface area contributed by atoms with Crippen LogP contribution in [0.5, 0.6) is 0 Å². The van der Waals surface area contributed by atoms with E-state index in [1.165, 1.54) is 63.0 Å². The maximum atomic E-state index is 5.34. The molecule has 0 aliphatic rings. The number of aromatic nitrogens is 4. The van der Waals surface area contributed by atoms with Crippen LogP contribution in [0.2, 0.25) is 0 Å². The van der Waals surface area contributed by atoms with Crippen LogP contribution < -0.4 is 0 Å². The molecule has 208 valence electrons. The van der Waals surface area contributed by atoms with Crippen LogP contribution in [0.25, 0.3) is 102 Å². The van der Waals surface area contributed by atoms with Crippen molar-refractivity contribution < 1.29 is 0 Å². The first-order chi connectivity index (χ1) is 22.3. The Hall–Kier alpha value is -5.43. The molecule has 0 saturated heterocycles. The molecule has 5 heterocycles. The van der Waals surface area contributed by atoms with E-state index in [0.29, 0.717) is 0 Å². The van der Waals surface area contributed by atoms with E-state index in [2.05, 4.69) is 120 Å². The van der Waals surface area contributed by atoms with E-state index in [9.17, 15) is 0 Å². The zero-order valence-corrected chi connectivity index (χ0v) is 25.3. The Morgan fingerprint density at radius 3 is 2.31 bits per heavy atom. The smallest absolute Gasteiger partial charge is 0.161 e. The van der Waals surface area contributed by atoms with Crippen molar-refractivity contribution in [2.45, 2.75) is 0 Å². The van der Waals surface area contributed by atoms with Crippen molar-refractivity contribution in [1.29, 1.82) is 0 Å². The van der Waals surface area contributed by atoms with E-state index < -0.39 is 0 Å². The number of thiophene rings is 1. The number of para-hydroxylation sites is 2. The lowest BCUT2D eigenvalue weighted by Crippen LogP contribution is -1.95. The van der Waals surface area contributed by atoms with E-state index in [-0.39, 0.29) is 0 Å². The molecule has 11 rings (SSSR count). The van der Waals surface area contributed by atoms with Gasteiger partial charge in [-0.1, -0.05) is 72.8 Å². The van der Waals surface area contributed by atoms with Gasteiger partial charge in [0.2, 0.25) is 0 Å². The molecule has 4 nitrogen and oxygen atoms in total. The minimum absolute atomic E-state index is 0.755. The average molecular weight is 609 g/mol. The lowest BCUT2D eigenvalue weighted by Gasteiger charge is -2.10. The average Bonchev–Trinajstić information content (AvgIpc) is 3.86. The van der Waals surface area contributed by atoms with Crippen molar-refractivity contribution in [3.05, 3.63) is 121 Å². The second kappa shape index (κ2) is 8.60. The number of benzene rings is 6. The van der Waals surface area contributed by atoms with Crippen molar-refractivity contribution in [2.24, 2.45) is 0 Å². The largest absolute Gasteiger partial charge is 0.308 e. The third kappa shape index (κ3) is 3.12. The van der Waals surface area contributed by atoms with E-state index >= 15 is 0 Å². The first kappa shape index (κ1) is 24.0. The second-order valence-electron chi connectivity index (χ2n) is 11.6. The van der Waals surface area contributed by atoms with Gasteiger partial charge in [0, 0.05) is 58.2 Å². The fourth-order valence-corrected chi connectivity index (χ4v) is 9.40. The highest BCUT2D eigenvalue weighted by Crippen LogP contribution is 2.45. The van der Waals surface area contributed by atoms with Gasteiger partial charge in [-0.05, 0) is 42.5 Å². The Labute approximate surface area is 263 Å². The molecule has 0 spiro atoms. The van der Waals surface area contributed by atoms with Crippen molar-refractivity contribution in [3.8, 4) is 22.6 Å². The monoisotopic (exact) mass is 608 g/mol. The lowest BCUT2D eigenvalue weighted by molar-refractivity contribution is 1.24. The number of fused-ring (bicyclic) bond motifs is 12. The third-order valence-corrected chi connectivity index (χ3v) is 11.4. The van der Waals surface area contributed by atoms with Crippen LogP contribution >= 0.6 is 22.7 Å². The lowest BCUT2D eigenvalue weighted by atomic mass is 10.0. The highest BCUT2D eigenvalue weighted by molar-refractivity contribution is 7.26. The number of rotatable bonds is 2. The summed E-state index contributed by atoms with van der Waals surface area (Å²) in [6, 6.07) is 41.3. The van der Waals surface area contributed by atoms with E-state index in [0.717, 1.165) is 39.1 Å².